The van der Waals surface area contributed by atoms with Gasteiger partial charge in [-0.2, -0.15) is 0 Å². The van der Waals surface area contributed by atoms with Gasteiger partial charge in [0.2, 0.25) is 0 Å². The Kier molecular flexibility index (Phi) is 6.03. The van der Waals surface area contributed by atoms with Crippen molar-refractivity contribution in [1.29, 1.82) is 0 Å². The summed E-state index contributed by atoms with van der Waals surface area (Å²) < 4.78 is 5.00. The van der Waals surface area contributed by atoms with E-state index in [0.717, 1.165) is 22.7 Å². The third-order valence-corrected chi connectivity index (χ3v) is 9.92. The Morgan fingerprint density at radius 2 is 0.933 bits per heavy atom. The Morgan fingerprint density at radius 1 is 0.378 bits per heavy atom. The van der Waals surface area contributed by atoms with Crippen molar-refractivity contribution < 1.29 is 0 Å². The number of nitrogens with zero attached hydrogens (tertiary/aromatic N) is 2. The highest BCUT2D eigenvalue weighted by Gasteiger charge is 2.18. The van der Waals surface area contributed by atoms with Crippen LogP contribution in [0.25, 0.3) is 58.8 Å². The van der Waals surface area contributed by atoms with E-state index in [1.807, 2.05) is 11.3 Å². The number of benzene rings is 7. The lowest BCUT2D eigenvalue weighted by molar-refractivity contribution is 1.18. The quantitative estimate of drug-likeness (QED) is 0.193. The van der Waals surface area contributed by atoms with Crippen LogP contribution in [0.15, 0.2) is 170 Å². The van der Waals surface area contributed by atoms with E-state index < -0.39 is 0 Å². The van der Waals surface area contributed by atoms with Crippen molar-refractivity contribution in [2.75, 3.05) is 4.90 Å². The number of para-hydroxylation sites is 2. The summed E-state index contributed by atoms with van der Waals surface area (Å²) >= 11 is 1.86. The Bertz CT molecular complexity index is 2470. The highest BCUT2D eigenvalue weighted by Crippen LogP contribution is 2.43. The van der Waals surface area contributed by atoms with Crippen molar-refractivity contribution in [3.05, 3.63) is 170 Å². The maximum Gasteiger partial charge on any atom is 0.0561 e. The highest BCUT2D eigenvalue weighted by molar-refractivity contribution is 7.25. The van der Waals surface area contributed by atoms with Crippen LogP contribution in [0.4, 0.5) is 17.1 Å². The maximum absolute atomic E-state index is 2.39. The van der Waals surface area contributed by atoms with Crippen LogP contribution in [0.3, 0.4) is 0 Å². The molecule has 0 fully saturated rings. The van der Waals surface area contributed by atoms with Crippen LogP contribution in [0, 0.1) is 0 Å². The van der Waals surface area contributed by atoms with E-state index in [-0.39, 0.29) is 0 Å². The molecule has 0 saturated carbocycles. The summed E-state index contributed by atoms with van der Waals surface area (Å²) in [7, 11) is 0. The van der Waals surface area contributed by atoms with Gasteiger partial charge in [0, 0.05) is 53.7 Å². The number of aromatic nitrogens is 1. The molecule has 3 heteroatoms. The zero-order valence-electron chi connectivity index (χ0n) is 24.5. The molecule has 0 bridgehead atoms. The van der Waals surface area contributed by atoms with Gasteiger partial charge in [0.05, 0.1) is 11.0 Å². The Labute approximate surface area is 265 Å². The normalized spacial score (nSPS) is 11.6. The second-order valence-electron chi connectivity index (χ2n) is 11.4. The van der Waals surface area contributed by atoms with E-state index in [9.17, 15) is 0 Å². The first-order chi connectivity index (χ1) is 22.3. The molecule has 212 valence electrons. The molecular formula is C42H28N2S. The predicted molar refractivity (Wildman–Crippen MR) is 194 cm³/mol. The first kappa shape index (κ1) is 25.8. The summed E-state index contributed by atoms with van der Waals surface area (Å²) in [6.45, 7) is 0. The number of fused-ring (bicyclic) bond motifs is 6. The molecule has 7 aromatic carbocycles. The lowest BCUT2D eigenvalue weighted by Gasteiger charge is -2.26. The lowest BCUT2D eigenvalue weighted by atomic mass is 10.0. The van der Waals surface area contributed by atoms with Crippen LogP contribution in [0.2, 0.25) is 0 Å². The molecule has 0 unspecified atom stereocenters. The largest absolute Gasteiger partial charge is 0.310 e. The van der Waals surface area contributed by atoms with Gasteiger partial charge in [-0.05, 0) is 71.8 Å². The van der Waals surface area contributed by atoms with E-state index in [1.165, 1.54) is 53.1 Å². The Morgan fingerprint density at radius 3 is 1.73 bits per heavy atom. The number of thiophene rings is 1. The first-order valence-corrected chi connectivity index (χ1v) is 16.1. The number of rotatable bonds is 5. The average Bonchev–Trinajstić information content (AvgIpc) is 3.64. The van der Waals surface area contributed by atoms with Crippen molar-refractivity contribution in [2.45, 2.75) is 0 Å². The molecule has 0 aliphatic carbocycles. The van der Waals surface area contributed by atoms with Crippen LogP contribution in [0.1, 0.15) is 0 Å². The van der Waals surface area contributed by atoms with Gasteiger partial charge < -0.3 is 9.47 Å². The molecule has 2 aromatic heterocycles. The molecule has 0 saturated heterocycles. The first-order valence-electron chi connectivity index (χ1n) is 15.3. The smallest absolute Gasteiger partial charge is 0.0561 e. The maximum atomic E-state index is 2.39. The van der Waals surface area contributed by atoms with Gasteiger partial charge in [0.15, 0.2) is 0 Å². The molecular weight excluding hydrogens is 565 g/mol. The molecule has 45 heavy (non-hydrogen) atoms. The molecule has 0 atom stereocenters. The minimum atomic E-state index is 1.12. The molecule has 0 aliphatic rings. The zero-order chi connectivity index (χ0) is 29.7. The topological polar surface area (TPSA) is 8.17 Å². The lowest BCUT2D eigenvalue weighted by Crippen LogP contribution is -2.10. The fourth-order valence-electron chi connectivity index (χ4n) is 6.69. The molecule has 2 nitrogen and oxygen atoms in total. The van der Waals surface area contributed by atoms with Crippen molar-refractivity contribution in [3.63, 3.8) is 0 Å². The van der Waals surface area contributed by atoms with Crippen LogP contribution in [-0.2, 0) is 0 Å². The van der Waals surface area contributed by atoms with Crippen molar-refractivity contribution in [2.24, 2.45) is 0 Å². The van der Waals surface area contributed by atoms with E-state index >= 15 is 0 Å². The monoisotopic (exact) mass is 592 g/mol. The minimum Gasteiger partial charge on any atom is -0.310 e. The van der Waals surface area contributed by atoms with Crippen LogP contribution in [0.5, 0.6) is 0 Å². The van der Waals surface area contributed by atoms with Gasteiger partial charge >= 0.3 is 0 Å². The molecule has 0 aliphatic heterocycles. The summed E-state index contributed by atoms with van der Waals surface area (Å²) in [6.07, 6.45) is 0. The van der Waals surface area contributed by atoms with Crippen molar-refractivity contribution >= 4 is 70.4 Å². The summed E-state index contributed by atoms with van der Waals surface area (Å²) in [6, 6.07) is 61.4. The fourth-order valence-corrected chi connectivity index (χ4v) is 7.83. The Hall–Kier alpha value is -5.64. The van der Waals surface area contributed by atoms with Crippen molar-refractivity contribution in [3.8, 4) is 16.8 Å². The van der Waals surface area contributed by atoms with Gasteiger partial charge in [-0.1, -0.05) is 109 Å². The molecule has 0 spiro atoms. The standard InChI is InChI=1S/C42H28N2S/c1-3-11-29(12-4-1)30-19-21-32(22-20-30)43(34-24-26-38-37-16-8-10-18-41(37)45-42(38)28-34)33-23-25-36-35-15-7-9-17-39(35)44(40(36)27-33)31-13-5-2-6-14-31/h1-28H. The molecule has 2 heterocycles. The Balaban J connectivity index is 1.27. The second kappa shape index (κ2) is 10.5. The summed E-state index contributed by atoms with van der Waals surface area (Å²) in [5, 5.41) is 5.13. The van der Waals surface area contributed by atoms with Gasteiger partial charge in [-0.3, -0.25) is 0 Å². The van der Waals surface area contributed by atoms with Gasteiger partial charge in [-0.25, -0.2) is 0 Å². The summed E-state index contributed by atoms with van der Waals surface area (Å²) in [5.41, 5.74) is 9.37. The van der Waals surface area contributed by atoms with Crippen LogP contribution >= 0.6 is 11.3 Å². The highest BCUT2D eigenvalue weighted by atomic mass is 32.1. The van der Waals surface area contributed by atoms with E-state index in [0.29, 0.717) is 0 Å². The van der Waals surface area contributed by atoms with Gasteiger partial charge in [0.25, 0.3) is 0 Å². The van der Waals surface area contributed by atoms with Gasteiger partial charge in [-0.15, -0.1) is 11.3 Å². The molecule has 0 N–H and O–H groups in total. The fraction of sp³-hybridized carbons (Fsp3) is 0. The van der Waals surface area contributed by atoms with Crippen LogP contribution < -0.4 is 4.90 Å². The third-order valence-electron chi connectivity index (χ3n) is 8.78. The van der Waals surface area contributed by atoms with Gasteiger partial charge in [0.1, 0.15) is 0 Å². The van der Waals surface area contributed by atoms with Crippen molar-refractivity contribution in [1.82, 2.24) is 4.57 Å². The average molecular weight is 593 g/mol. The molecule has 0 amide bonds. The molecule has 0 radical (unpaired) electrons. The number of hydrogen-bond donors (Lipinski definition) is 0. The zero-order valence-corrected chi connectivity index (χ0v) is 25.3. The second-order valence-corrected chi connectivity index (χ2v) is 12.5. The number of hydrogen-bond acceptors (Lipinski definition) is 2. The van der Waals surface area contributed by atoms with E-state index in [2.05, 4.69) is 179 Å². The molecule has 9 aromatic rings. The van der Waals surface area contributed by atoms with E-state index in [1.54, 1.807) is 0 Å². The third kappa shape index (κ3) is 4.32. The predicted octanol–water partition coefficient (Wildman–Crippen LogP) is 12.3. The number of anilines is 3. The summed E-state index contributed by atoms with van der Waals surface area (Å²) in [4.78, 5) is 2.39. The molecule has 9 rings (SSSR count). The minimum absolute atomic E-state index is 1.12. The SMILES string of the molecule is c1ccc(-c2ccc(N(c3ccc4c(c3)sc3ccccc34)c3ccc4c5ccccc5n(-c5ccccc5)c4c3)cc2)cc1. The van der Waals surface area contributed by atoms with Crippen LogP contribution in [-0.4, -0.2) is 4.57 Å². The van der Waals surface area contributed by atoms with E-state index in [4.69, 9.17) is 0 Å². The summed E-state index contributed by atoms with van der Waals surface area (Å²) in [5.74, 6) is 0.